The van der Waals surface area contributed by atoms with Gasteiger partial charge in [-0.2, -0.15) is 0 Å². The second kappa shape index (κ2) is 23.5. The average Bonchev–Trinajstić information content (AvgIpc) is 2.96. The Morgan fingerprint density at radius 1 is 0.837 bits per heavy atom. The summed E-state index contributed by atoms with van der Waals surface area (Å²) in [5.74, 6) is -1.54. The number of aliphatic carboxylic acids is 1. The minimum absolute atomic E-state index is 0.0768. The zero-order valence-electron chi connectivity index (χ0n) is 25.9. The van der Waals surface area contributed by atoms with Gasteiger partial charge in [0, 0.05) is 19.5 Å². The molecule has 2 amide bonds. The van der Waals surface area contributed by atoms with E-state index in [4.69, 9.17) is 18.9 Å². The van der Waals surface area contributed by atoms with Crippen LogP contribution in [0.1, 0.15) is 57.6 Å². The van der Waals surface area contributed by atoms with Crippen LogP contribution in [0.25, 0.3) is 0 Å². The Morgan fingerprint density at radius 2 is 1.49 bits per heavy atom. The molecule has 4 N–H and O–H groups in total. The van der Waals surface area contributed by atoms with Crippen LogP contribution in [0.2, 0.25) is 0 Å². The van der Waals surface area contributed by atoms with Gasteiger partial charge in [-0.1, -0.05) is 45.0 Å². The lowest BCUT2D eigenvalue weighted by molar-refractivity contribution is -0.142. The highest BCUT2D eigenvalue weighted by atomic mass is 16.5. The lowest BCUT2D eigenvalue weighted by atomic mass is 9.86. The monoisotopic (exact) mass is 608 g/mol. The predicted molar refractivity (Wildman–Crippen MR) is 162 cm³/mol. The van der Waals surface area contributed by atoms with E-state index in [1.807, 2.05) is 0 Å². The molecular weight excluding hydrogens is 558 g/mol. The number of hydrogen-bond donors (Lipinski definition) is 4. The van der Waals surface area contributed by atoms with Gasteiger partial charge < -0.3 is 40.0 Å². The average molecular weight is 609 g/mol. The first-order chi connectivity index (χ1) is 20.6. The molecule has 1 aromatic carbocycles. The molecule has 0 aliphatic rings. The van der Waals surface area contributed by atoms with Crippen LogP contribution in [-0.2, 0) is 50.0 Å². The molecule has 0 aliphatic carbocycles. The van der Waals surface area contributed by atoms with Crippen LogP contribution in [0, 0.1) is 0 Å². The second-order valence-electron chi connectivity index (χ2n) is 11.0. The first-order valence-electron chi connectivity index (χ1n) is 14.9. The number of aryl methyl sites for hydroxylation is 1. The Hall–Kier alpha value is -2.90. The Morgan fingerprint density at radius 3 is 2.14 bits per heavy atom. The van der Waals surface area contributed by atoms with Gasteiger partial charge in [-0.15, -0.1) is 0 Å². The summed E-state index contributed by atoms with van der Waals surface area (Å²) in [5, 5.41) is 18.0. The van der Waals surface area contributed by atoms with Crippen molar-refractivity contribution < 1.29 is 43.2 Å². The van der Waals surface area contributed by atoms with Crippen LogP contribution in [0.3, 0.4) is 0 Å². The van der Waals surface area contributed by atoms with Crippen molar-refractivity contribution in [3.63, 3.8) is 0 Å². The number of amides is 2. The van der Waals surface area contributed by atoms with Crippen molar-refractivity contribution in [2.75, 3.05) is 72.5 Å². The quantitative estimate of drug-likeness (QED) is 0.114. The molecule has 12 nitrogen and oxygen atoms in total. The number of rotatable bonds is 26. The summed E-state index contributed by atoms with van der Waals surface area (Å²) in [5.41, 5.74) is 2.52. The number of carboxylic acids is 1. The van der Waals surface area contributed by atoms with Gasteiger partial charge in [-0.05, 0) is 48.8 Å². The molecule has 243 valence electrons. The fourth-order valence-electron chi connectivity index (χ4n) is 3.88. The lowest BCUT2D eigenvalue weighted by Crippen LogP contribution is -2.41. The SMILES string of the molecule is CC(C)(C)c1ccc(CCCC(=O)N[C@@H](CCCNCCOCCOCC(=O)NCCOCCOC[C]=O)C(=O)O)cc1. The van der Waals surface area contributed by atoms with Crippen LogP contribution >= 0.6 is 0 Å². The van der Waals surface area contributed by atoms with Crippen LogP contribution in [-0.4, -0.2) is 108 Å². The predicted octanol–water partition coefficient (Wildman–Crippen LogP) is 1.54. The molecule has 0 saturated heterocycles. The number of carbonyl (C=O) groups excluding carboxylic acids is 3. The standard InChI is InChI=1S/C31H50N3O9/c1-31(2,3)26-11-9-25(10-12-26)6-4-8-28(36)34-27(30(38)39)7-5-13-32-14-17-40-22-23-43-24-29(37)33-15-18-41-20-21-42-19-16-35/h9-12,27,32H,4-8,13-15,17-24H2,1-3H3,(H,33,37)(H,34,36)(H,38,39)/t27-/m0/s1. The summed E-state index contributed by atoms with van der Waals surface area (Å²) in [4.78, 5) is 45.5. The van der Waals surface area contributed by atoms with E-state index in [-0.39, 0.29) is 43.5 Å². The van der Waals surface area contributed by atoms with E-state index in [2.05, 4.69) is 61.0 Å². The zero-order valence-corrected chi connectivity index (χ0v) is 25.9. The molecule has 12 heteroatoms. The van der Waals surface area contributed by atoms with E-state index in [9.17, 15) is 24.3 Å². The smallest absolute Gasteiger partial charge is 0.326 e. The highest BCUT2D eigenvalue weighted by molar-refractivity contribution is 5.83. The van der Waals surface area contributed by atoms with E-state index in [0.29, 0.717) is 71.9 Å². The normalized spacial score (nSPS) is 12.1. The highest BCUT2D eigenvalue weighted by Crippen LogP contribution is 2.22. The van der Waals surface area contributed by atoms with Crippen LogP contribution < -0.4 is 16.0 Å². The summed E-state index contributed by atoms with van der Waals surface area (Å²) in [6, 6.07) is 7.50. The van der Waals surface area contributed by atoms with Gasteiger partial charge in [0.05, 0.1) is 39.6 Å². The minimum Gasteiger partial charge on any atom is -0.480 e. The molecule has 0 bridgehead atoms. The second-order valence-corrected chi connectivity index (χ2v) is 11.0. The van der Waals surface area contributed by atoms with Gasteiger partial charge in [0.25, 0.3) is 0 Å². The number of hydrogen-bond acceptors (Lipinski definition) is 9. The van der Waals surface area contributed by atoms with Gasteiger partial charge in [0.1, 0.15) is 19.3 Å². The molecule has 0 aliphatic heterocycles. The number of carbonyl (C=O) groups is 3. The van der Waals surface area contributed by atoms with E-state index in [1.165, 1.54) is 5.56 Å². The van der Waals surface area contributed by atoms with Gasteiger partial charge >= 0.3 is 5.97 Å². The largest absolute Gasteiger partial charge is 0.480 e. The van der Waals surface area contributed by atoms with E-state index in [1.54, 1.807) is 6.29 Å². The van der Waals surface area contributed by atoms with Crippen molar-refractivity contribution in [3.05, 3.63) is 35.4 Å². The van der Waals surface area contributed by atoms with Crippen molar-refractivity contribution in [1.29, 1.82) is 0 Å². The topological polar surface area (TPSA) is 162 Å². The van der Waals surface area contributed by atoms with E-state index >= 15 is 0 Å². The van der Waals surface area contributed by atoms with Crippen molar-refractivity contribution in [3.8, 4) is 0 Å². The summed E-state index contributed by atoms with van der Waals surface area (Å²) in [7, 11) is 0. The first-order valence-corrected chi connectivity index (χ1v) is 14.9. The number of carboxylic acid groups (broad SMARTS) is 1. The molecule has 1 aromatic rings. The molecule has 1 atom stereocenters. The Kier molecular flexibility index (Phi) is 20.9. The van der Waals surface area contributed by atoms with Crippen molar-refractivity contribution in [2.24, 2.45) is 0 Å². The molecule has 0 saturated carbocycles. The molecule has 0 aromatic heterocycles. The molecule has 0 fully saturated rings. The van der Waals surface area contributed by atoms with Crippen molar-refractivity contribution >= 4 is 24.1 Å². The van der Waals surface area contributed by atoms with Crippen LogP contribution in [0.4, 0.5) is 0 Å². The number of benzene rings is 1. The van der Waals surface area contributed by atoms with E-state index in [0.717, 1.165) is 12.0 Å². The van der Waals surface area contributed by atoms with Gasteiger partial charge in [-0.25, -0.2) is 4.79 Å². The summed E-state index contributed by atoms with van der Waals surface area (Å²) in [6.07, 6.45) is 4.24. The maximum absolute atomic E-state index is 12.3. The molecule has 0 unspecified atom stereocenters. The van der Waals surface area contributed by atoms with Crippen LogP contribution in [0.5, 0.6) is 0 Å². The fraction of sp³-hybridized carbons (Fsp3) is 0.677. The minimum atomic E-state index is -1.03. The van der Waals surface area contributed by atoms with Gasteiger partial charge in [-0.3, -0.25) is 14.4 Å². The molecule has 0 heterocycles. The Labute approximate surface area is 255 Å². The number of nitrogens with one attached hydrogen (secondary N) is 3. The van der Waals surface area contributed by atoms with Crippen molar-refractivity contribution in [1.82, 2.24) is 16.0 Å². The molecule has 1 rings (SSSR count). The maximum atomic E-state index is 12.3. The first kappa shape index (κ1) is 38.1. The summed E-state index contributed by atoms with van der Waals surface area (Å²) in [6.45, 7) is 9.88. The lowest BCUT2D eigenvalue weighted by Gasteiger charge is -2.19. The third-order valence-electron chi connectivity index (χ3n) is 6.30. The van der Waals surface area contributed by atoms with Crippen LogP contribution in [0.15, 0.2) is 24.3 Å². The van der Waals surface area contributed by atoms with E-state index < -0.39 is 12.0 Å². The highest BCUT2D eigenvalue weighted by Gasteiger charge is 2.19. The summed E-state index contributed by atoms with van der Waals surface area (Å²) < 4.78 is 20.8. The van der Waals surface area contributed by atoms with Crippen molar-refractivity contribution in [2.45, 2.75) is 64.3 Å². The van der Waals surface area contributed by atoms with Gasteiger partial charge in [0.15, 0.2) is 0 Å². The zero-order chi connectivity index (χ0) is 31.8. The number of ether oxygens (including phenoxy) is 4. The Bertz CT molecular complexity index is 920. The fourth-order valence-corrected chi connectivity index (χ4v) is 3.88. The molecule has 0 spiro atoms. The maximum Gasteiger partial charge on any atom is 0.326 e. The van der Waals surface area contributed by atoms with Gasteiger partial charge in [0.2, 0.25) is 18.1 Å². The third kappa shape index (κ3) is 20.6. The Balaban J connectivity index is 2.00. The molecule has 1 radical (unpaired) electrons. The summed E-state index contributed by atoms with van der Waals surface area (Å²) >= 11 is 0. The molecular formula is C31H50N3O9. The molecule has 43 heavy (non-hydrogen) atoms. The third-order valence-corrected chi connectivity index (χ3v) is 6.30.